The Bertz CT molecular complexity index is 750. The number of hydrogen-bond donors (Lipinski definition) is 0. The van der Waals surface area contributed by atoms with Crippen molar-refractivity contribution < 1.29 is 4.39 Å². The lowest BCUT2D eigenvalue weighted by Gasteiger charge is -2.13. The lowest BCUT2D eigenvalue weighted by Crippen LogP contribution is -1.97. The Hall–Kier alpha value is -2.15. The standard InChI is InChI=1S/C23H27F/c1-5-10-17(2)21(16-20-12-7-6-11-18(20)3)15-19(4)22-13-8-9-14-23(22)24/h6-9,11-15H,5,10,16H2,1-4H3/b19-15+,21-17+. The second kappa shape index (κ2) is 8.63. The second-order valence-corrected chi connectivity index (χ2v) is 6.47. The summed E-state index contributed by atoms with van der Waals surface area (Å²) in [4.78, 5) is 0. The van der Waals surface area contributed by atoms with Crippen LogP contribution in [0.3, 0.4) is 0 Å². The molecule has 0 aromatic heterocycles. The van der Waals surface area contributed by atoms with E-state index in [-0.39, 0.29) is 5.82 Å². The summed E-state index contributed by atoms with van der Waals surface area (Å²) in [6.45, 7) is 8.54. The topological polar surface area (TPSA) is 0 Å². The third kappa shape index (κ3) is 4.67. The first kappa shape index (κ1) is 18.2. The van der Waals surface area contributed by atoms with Crippen molar-refractivity contribution in [2.75, 3.05) is 0 Å². The van der Waals surface area contributed by atoms with E-state index >= 15 is 0 Å². The molecular formula is C23H27F. The van der Waals surface area contributed by atoms with Gasteiger partial charge in [-0.1, -0.05) is 67.5 Å². The monoisotopic (exact) mass is 322 g/mol. The minimum atomic E-state index is -0.158. The molecule has 0 aliphatic heterocycles. The number of benzene rings is 2. The summed E-state index contributed by atoms with van der Waals surface area (Å²) < 4.78 is 14.1. The van der Waals surface area contributed by atoms with E-state index in [9.17, 15) is 4.39 Å². The van der Waals surface area contributed by atoms with Crippen LogP contribution in [-0.4, -0.2) is 0 Å². The summed E-state index contributed by atoms with van der Waals surface area (Å²) in [5.74, 6) is -0.158. The summed E-state index contributed by atoms with van der Waals surface area (Å²) in [7, 11) is 0. The van der Waals surface area contributed by atoms with Crippen LogP contribution in [0.25, 0.3) is 5.57 Å². The van der Waals surface area contributed by atoms with Gasteiger partial charge in [-0.3, -0.25) is 0 Å². The molecule has 0 aliphatic carbocycles. The van der Waals surface area contributed by atoms with Gasteiger partial charge in [-0.2, -0.15) is 0 Å². The lowest BCUT2D eigenvalue weighted by atomic mass is 9.93. The van der Waals surface area contributed by atoms with E-state index in [0.29, 0.717) is 5.56 Å². The molecule has 0 spiro atoms. The van der Waals surface area contributed by atoms with Crippen LogP contribution < -0.4 is 0 Å². The molecule has 2 aromatic rings. The molecule has 2 rings (SSSR count). The van der Waals surface area contributed by atoms with Crippen LogP contribution in [0, 0.1) is 12.7 Å². The fourth-order valence-electron chi connectivity index (χ4n) is 2.99. The molecule has 0 nitrogen and oxygen atoms in total. The molecule has 0 aliphatic rings. The van der Waals surface area contributed by atoms with Gasteiger partial charge in [0.2, 0.25) is 0 Å². The minimum absolute atomic E-state index is 0.158. The second-order valence-electron chi connectivity index (χ2n) is 6.47. The quantitative estimate of drug-likeness (QED) is 0.508. The Kier molecular flexibility index (Phi) is 6.54. The number of allylic oxidation sites excluding steroid dienone is 4. The average Bonchev–Trinajstić information content (AvgIpc) is 2.56. The Balaban J connectivity index is 2.41. The lowest BCUT2D eigenvalue weighted by molar-refractivity contribution is 0.624. The zero-order chi connectivity index (χ0) is 17.5. The van der Waals surface area contributed by atoms with Gasteiger partial charge in [-0.25, -0.2) is 4.39 Å². The third-order valence-corrected chi connectivity index (χ3v) is 4.50. The summed E-state index contributed by atoms with van der Waals surface area (Å²) in [6, 6.07) is 15.5. The highest BCUT2D eigenvalue weighted by Gasteiger charge is 2.08. The minimum Gasteiger partial charge on any atom is -0.206 e. The molecule has 126 valence electrons. The highest BCUT2D eigenvalue weighted by Crippen LogP contribution is 2.25. The fourth-order valence-corrected chi connectivity index (χ4v) is 2.99. The van der Waals surface area contributed by atoms with Crippen LogP contribution in [0.5, 0.6) is 0 Å². The Morgan fingerprint density at radius 2 is 1.67 bits per heavy atom. The van der Waals surface area contributed by atoms with E-state index in [1.165, 1.54) is 28.3 Å². The van der Waals surface area contributed by atoms with E-state index in [0.717, 1.165) is 24.8 Å². The van der Waals surface area contributed by atoms with Gasteiger partial charge >= 0.3 is 0 Å². The molecule has 24 heavy (non-hydrogen) atoms. The normalized spacial score (nSPS) is 13.0. The van der Waals surface area contributed by atoms with Crippen molar-refractivity contribution in [1.82, 2.24) is 0 Å². The first-order valence-corrected chi connectivity index (χ1v) is 8.69. The molecule has 0 radical (unpaired) electrons. The van der Waals surface area contributed by atoms with Crippen molar-refractivity contribution in [3.05, 3.63) is 88.3 Å². The zero-order valence-corrected chi connectivity index (χ0v) is 15.2. The van der Waals surface area contributed by atoms with Gasteiger partial charge in [0.25, 0.3) is 0 Å². The maximum Gasteiger partial charge on any atom is 0.130 e. The smallest absolute Gasteiger partial charge is 0.130 e. The molecule has 0 bridgehead atoms. The highest BCUT2D eigenvalue weighted by atomic mass is 19.1. The van der Waals surface area contributed by atoms with Gasteiger partial charge < -0.3 is 0 Å². The van der Waals surface area contributed by atoms with Gasteiger partial charge in [0.1, 0.15) is 5.82 Å². The molecule has 0 N–H and O–H groups in total. The first-order valence-electron chi connectivity index (χ1n) is 8.69. The van der Waals surface area contributed by atoms with Crippen LogP contribution in [0.15, 0.2) is 65.8 Å². The molecule has 0 atom stereocenters. The van der Waals surface area contributed by atoms with E-state index in [4.69, 9.17) is 0 Å². The Labute approximate surface area is 145 Å². The predicted molar refractivity (Wildman–Crippen MR) is 103 cm³/mol. The first-order chi connectivity index (χ1) is 11.5. The molecule has 0 saturated heterocycles. The van der Waals surface area contributed by atoms with Crippen molar-refractivity contribution in [3.8, 4) is 0 Å². The summed E-state index contributed by atoms with van der Waals surface area (Å²) >= 11 is 0. The average molecular weight is 322 g/mol. The van der Waals surface area contributed by atoms with Gasteiger partial charge in [-0.15, -0.1) is 0 Å². The number of rotatable bonds is 6. The molecular weight excluding hydrogens is 295 g/mol. The van der Waals surface area contributed by atoms with Crippen molar-refractivity contribution in [1.29, 1.82) is 0 Å². The van der Waals surface area contributed by atoms with Crippen LogP contribution in [0.2, 0.25) is 0 Å². The summed E-state index contributed by atoms with van der Waals surface area (Å²) in [5, 5.41) is 0. The Morgan fingerprint density at radius 3 is 2.33 bits per heavy atom. The van der Waals surface area contributed by atoms with Crippen molar-refractivity contribution in [2.45, 2.75) is 47.0 Å². The number of hydrogen-bond acceptors (Lipinski definition) is 0. The Morgan fingerprint density at radius 1 is 1.00 bits per heavy atom. The molecule has 0 fully saturated rings. The van der Waals surface area contributed by atoms with Crippen LogP contribution >= 0.6 is 0 Å². The molecule has 0 heterocycles. The molecule has 0 saturated carbocycles. The van der Waals surface area contributed by atoms with Crippen LogP contribution in [-0.2, 0) is 6.42 Å². The van der Waals surface area contributed by atoms with Gasteiger partial charge in [-0.05, 0) is 62.0 Å². The van der Waals surface area contributed by atoms with E-state index < -0.39 is 0 Å². The van der Waals surface area contributed by atoms with Crippen LogP contribution in [0.1, 0.15) is 50.3 Å². The zero-order valence-electron chi connectivity index (χ0n) is 15.2. The molecule has 0 unspecified atom stereocenters. The summed E-state index contributed by atoms with van der Waals surface area (Å²) in [6.07, 6.45) is 5.25. The largest absolute Gasteiger partial charge is 0.206 e. The van der Waals surface area contributed by atoms with Gasteiger partial charge in [0, 0.05) is 5.56 Å². The maximum atomic E-state index is 14.1. The number of halogens is 1. The van der Waals surface area contributed by atoms with Crippen molar-refractivity contribution in [3.63, 3.8) is 0 Å². The van der Waals surface area contributed by atoms with Crippen LogP contribution in [0.4, 0.5) is 4.39 Å². The molecule has 1 heteroatoms. The predicted octanol–water partition coefficient (Wildman–Crippen LogP) is 6.90. The molecule has 2 aromatic carbocycles. The van der Waals surface area contributed by atoms with Gasteiger partial charge in [0.05, 0.1) is 0 Å². The van der Waals surface area contributed by atoms with E-state index in [1.54, 1.807) is 6.07 Å². The van der Waals surface area contributed by atoms with Crippen molar-refractivity contribution in [2.24, 2.45) is 0 Å². The van der Waals surface area contributed by atoms with Crippen molar-refractivity contribution >= 4 is 5.57 Å². The SMILES string of the molecule is CCC/C(C)=C(\C=C(/C)c1ccccc1F)Cc1ccccc1C. The third-order valence-electron chi connectivity index (χ3n) is 4.50. The fraction of sp³-hybridized carbons (Fsp3) is 0.304. The highest BCUT2D eigenvalue weighted by molar-refractivity contribution is 5.67. The van der Waals surface area contributed by atoms with E-state index in [2.05, 4.69) is 51.1 Å². The maximum absolute atomic E-state index is 14.1. The molecule has 0 amide bonds. The number of aryl methyl sites for hydroxylation is 1. The van der Waals surface area contributed by atoms with Gasteiger partial charge in [0.15, 0.2) is 0 Å². The summed E-state index contributed by atoms with van der Waals surface area (Å²) in [5.41, 5.74) is 6.98. The van der Waals surface area contributed by atoms with E-state index in [1.807, 2.05) is 19.1 Å².